The lowest BCUT2D eigenvalue weighted by atomic mass is 10.0. The number of amides is 1. The molecule has 112 valence electrons. The second-order valence-electron chi connectivity index (χ2n) is 5.69. The van der Waals surface area contributed by atoms with E-state index in [0.29, 0.717) is 12.0 Å². The highest BCUT2D eigenvalue weighted by molar-refractivity contribution is 5.81. The maximum atomic E-state index is 11.8. The molecule has 0 aromatic rings. The number of carbonyl (C=O) groups is 1. The molecule has 2 N–H and O–H groups in total. The van der Waals surface area contributed by atoms with Crippen LogP contribution in [0.5, 0.6) is 0 Å². The molecule has 2 atom stereocenters. The van der Waals surface area contributed by atoms with Crippen molar-refractivity contribution in [3.8, 4) is 0 Å². The first-order valence-electron chi connectivity index (χ1n) is 7.31. The highest BCUT2D eigenvalue weighted by Gasteiger charge is 2.23. The molecule has 1 fully saturated rings. The van der Waals surface area contributed by atoms with Gasteiger partial charge in [-0.05, 0) is 26.3 Å². The molecule has 2 unspecified atom stereocenters. The van der Waals surface area contributed by atoms with Gasteiger partial charge < -0.3 is 15.4 Å². The molecule has 1 rings (SSSR count). The Bertz CT molecular complexity index is 265. The summed E-state index contributed by atoms with van der Waals surface area (Å²) in [6, 6.07) is 0.279. The Morgan fingerprint density at radius 3 is 2.42 bits per heavy atom. The largest absolute Gasteiger partial charge is 0.379 e. The van der Waals surface area contributed by atoms with E-state index < -0.39 is 0 Å². The van der Waals surface area contributed by atoms with Gasteiger partial charge in [0, 0.05) is 25.7 Å². The molecule has 1 amide bonds. The van der Waals surface area contributed by atoms with Crippen LogP contribution in [-0.2, 0) is 9.53 Å². The van der Waals surface area contributed by atoms with Crippen molar-refractivity contribution in [3.63, 3.8) is 0 Å². The van der Waals surface area contributed by atoms with Gasteiger partial charge in [0.25, 0.3) is 0 Å². The molecule has 1 saturated heterocycles. The first-order chi connectivity index (χ1) is 9.04. The van der Waals surface area contributed by atoms with Gasteiger partial charge in [-0.1, -0.05) is 13.8 Å². The van der Waals surface area contributed by atoms with Crippen LogP contribution in [0.3, 0.4) is 0 Å². The fourth-order valence-corrected chi connectivity index (χ4v) is 2.35. The third-order valence-electron chi connectivity index (χ3n) is 3.64. The molecule has 0 aromatic heterocycles. The molecule has 5 heteroatoms. The molecule has 0 saturated carbocycles. The molecule has 0 aliphatic carbocycles. The van der Waals surface area contributed by atoms with Crippen LogP contribution in [0, 0.1) is 5.92 Å². The van der Waals surface area contributed by atoms with Crippen molar-refractivity contribution in [1.82, 2.24) is 15.5 Å². The van der Waals surface area contributed by atoms with Crippen LogP contribution in [0.25, 0.3) is 0 Å². The monoisotopic (exact) mass is 271 g/mol. The first-order valence-corrected chi connectivity index (χ1v) is 7.31. The minimum Gasteiger partial charge on any atom is -0.379 e. The van der Waals surface area contributed by atoms with Crippen molar-refractivity contribution in [2.75, 3.05) is 39.9 Å². The number of ether oxygens (including phenoxy) is 1. The van der Waals surface area contributed by atoms with E-state index in [-0.39, 0.29) is 11.9 Å². The van der Waals surface area contributed by atoms with Gasteiger partial charge in [0.05, 0.1) is 19.3 Å². The van der Waals surface area contributed by atoms with Gasteiger partial charge in [-0.3, -0.25) is 9.69 Å². The van der Waals surface area contributed by atoms with E-state index in [2.05, 4.69) is 29.4 Å². The molecule has 5 nitrogen and oxygen atoms in total. The van der Waals surface area contributed by atoms with Gasteiger partial charge >= 0.3 is 0 Å². The second kappa shape index (κ2) is 8.51. The van der Waals surface area contributed by atoms with Gasteiger partial charge in [-0.15, -0.1) is 0 Å². The highest BCUT2D eigenvalue weighted by Crippen LogP contribution is 2.13. The lowest BCUT2D eigenvalue weighted by Gasteiger charge is -2.35. The molecule has 1 heterocycles. The molecule has 0 aromatic carbocycles. The summed E-state index contributed by atoms with van der Waals surface area (Å²) in [5.74, 6) is 0.705. The van der Waals surface area contributed by atoms with Crippen molar-refractivity contribution in [2.24, 2.45) is 5.92 Å². The third kappa shape index (κ3) is 5.89. The van der Waals surface area contributed by atoms with Crippen molar-refractivity contribution < 1.29 is 9.53 Å². The summed E-state index contributed by atoms with van der Waals surface area (Å²) in [6.07, 6.45) is 1.11. The molecular weight excluding hydrogens is 242 g/mol. The molecular formula is C14H29N3O2. The second-order valence-corrected chi connectivity index (χ2v) is 5.69. The number of hydrogen-bond acceptors (Lipinski definition) is 4. The maximum Gasteiger partial charge on any atom is 0.236 e. The minimum atomic E-state index is -0.135. The van der Waals surface area contributed by atoms with Crippen LogP contribution >= 0.6 is 0 Å². The zero-order valence-electron chi connectivity index (χ0n) is 12.7. The van der Waals surface area contributed by atoms with Crippen LogP contribution in [0.1, 0.15) is 27.2 Å². The van der Waals surface area contributed by atoms with Gasteiger partial charge in [-0.25, -0.2) is 0 Å². The van der Waals surface area contributed by atoms with E-state index in [0.717, 1.165) is 39.3 Å². The van der Waals surface area contributed by atoms with Gasteiger partial charge in [0.15, 0.2) is 0 Å². The Morgan fingerprint density at radius 1 is 1.26 bits per heavy atom. The van der Waals surface area contributed by atoms with Crippen molar-refractivity contribution in [3.05, 3.63) is 0 Å². The predicted molar refractivity (Wildman–Crippen MR) is 77.2 cm³/mol. The Labute approximate surface area is 117 Å². The summed E-state index contributed by atoms with van der Waals surface area (Å²) < 4.78 is 5.40. The lowest BCUT2D eigenvalue weighted by molar-refractivity contribution is -0.123. The number of rotatable bonds is 7. The molecule has 1 aliphatic rings. The van der Waals surface area contributed by atoms with E-state index in [1.807, 2.05) is 6.92 Å². The topological polar surface area (TPSA) is 53.6 Å². The summed E-state index contributed by atoms with van der Waals surface area (Å²) in [5, 5.41) is 6.02. The number of likely N-dealkylation sites (N-methyl/N-ethyl adjacent to an activating group) is 1. The molecule has 0 radical (unpaired) electrons. The molecule has 0 spiro atoms. The van der Waals surface area contributed by atoms with Crippen molar-refractivity contribution in [1.29, 1.82) is 0 Å². The Hall–Kier alpha value is -0.650. The summed E-state index contributed by atoms with van der Waals surface area (Å²) in [4.78, 5) is 14.3. The van der Waals surface area contributed by atoms with Crippen LogP contribution in [0.4, 0.5) is 0 Å². The lowest BCUT2D eigenvalue weighted by Crippen LogP contribution is -2.51. The standard InChI is InChI=1S/C14H29N3O2/c1-11(2)9-13(17-5-7-19-8-6-17)10-16-14(18)12(3)15-4/h11-13,15H,5-10H2,1-4H3,(H,16,18). The van der Waals surface area contributed by atoms with Crippen LogP contribution < -0.4 is 10.6 Å². The third-order valence-corrected chi connectivity index (χ3v) is 3.64. The normalized spacial score (nSPS) is 20.3. The van der Waals surface area contributed by atoms with E-state index in [4.69, 9.17) is 4.74 Å². The summed E-state index contributed by atoms with van der Waals surface area (Å²) in [7, 11) is 1.80. The van der Waals surface area contributed by atoms with Crippen LogP contribution in [0.15, 0.2) is 0 Å². The molecule has 0 bridgehead atoms. The zero-order valence-corrected chi connectivity index (χ0v) is 12.7. The number of nitrogens with zero attached hydrogens (tertiary/aromatic N) is 1. The number of carbonyl (C=O) groups excluding carboxylic acids is 1. The number of hydrogen-bond donors (Lipinski definition) is 2. The Morgan fingerprint density at radius 2 is 1.89 bits per heavy atom. The zero-order chi connectivity index (χ0) is 14.3. The first kappa shape index (κ1) is 16.4. The van der Waals surface area contributed by atoms with E-state index in [1.54, 1.807) is 7.05 Å². The van der Waals surface area contributed by atoms with E-state index >= 15 is 0 Å². The van der Waals surface area contributed by atoms with Crippen molar-refractivity contribution >= 4 is 5.91 Å². The summed E-state index contributed by atoms with van der Waals surface area (Å²) in [6.45, 7) is 10.6. The van der Waals surface area contributed by atoms with Gasteiger partial charge in [0.1, 0.15) is 0 Å². The average molecular weight is 271 g/mol. The van der Waals surface area contributed by atoms with Gasteiger partial charge in [-0.2, -0.15) is 0 Å². The number of morpholine rings is 1. The molecule has 19 heavy (non-hydrogen) atoms. The fourth-order valence-electron chi connectivity index (χ4n) is 2.35. The minimum absolute atomic E-state index is 0.0736. The smallest absolute Gasteiger partial charge is 0.236 e. The van der Waals surface area contributed by atoms with Crippen LogP contribution in [0.2, 0.25) is 0 Å². The molecule has 1 aliphatic heterocycles. The quantitative estimate of drug-likeness (QED) is 0.706. The van der Waals surface area contributed by atoms with Crippen molar-refractivity contribution in [2.45, 2.75) is 39.3 Å². The summed E-state index contributed by atoms with van der Waals surface area (Å²) >= 11 is 0. The number of nitrogens with one attached hydrogen (secondary N) is 2. The highest BCUT2D eigenvalue weighted by atomic mass is 16.5. The van der Waals surface area contributed by atoms with E-state index in [9.17, 15) is 4.79 Å². The average Bonchev–Trinajstić information content (AvgIpc) is 2.42. The maximum absolute atomic E-state index is 11.8. The predicted octanol–water partition coefficient (Wildman–Crippen LogP) is 0.457. The van der Waals surface area contributed by atoms with E-state index in [1.165, 1.54) is 0 Å². The fraction of sp³-hybridized carbons (Fsp3) is 0.929. The summed E-state index contributed by atoms with van der Waals surface area (Å²) in [5.41, 5.74) is 0. The van der Waals surface area contributed by atoms with Gasteiger partial charge in [0.2, 0.25) is 5.91 Å². The Kier molecular flexibility index (Phi) is 7.34. The van der Waals surface area contributed by atoms with Crippen LogP contribution in [-0.4, -0.2) is 62.8 Å². The SMILES string of the molecule is CNC(C)C(=O)NCC(CC(C)C)N1CCOCC1. The Balaban J connectivity index is 2.46.